The third-order valence-electron chi connectivity index (χ3n) is 4.90. The molecular formula is C17H25N3. The Labute approximate surface area is 121 Å². The zero-order valence-electron chi connectivity index (χ0n) is 12.6. The molecule has 0 amide bonds. The minimum absolute atomic E-state index is 0.0695. The molecule has 3 heteroatoms. The summed E-state index contributed by atoms with van der Waals surface area (Å²) >= 11 is 0. The summed E-state index contributed by atoms with van der Waals surface area (Å²) in [6, 6.07) is 8.32. The van der Waals surface area contributed by atoms with E-state index in [1.165, 1.54) is 24.8 Å². The first-order valence-corrected chi connectivity index (χ1v) is 7.77. The quantitative estimate of drug-likeness (QED) is 0.851. The zero-order chi connectivity index (χ0) is 14.2. The van der Waals surface area contributed by atoms with E-state index >= 15 is 0 Å². The third-order valence-corrected chi connectivity index (χ3v) is 4.90. The third kappa shape index (κ3) is 2.59. The molecule has 0 bridgehead atoms. The second-order valence-electron chi connectivity index (χ2n) is 6.65. The largest absolute Gasteiger partial charge is 0.331 e. The summed E-state index contributed by atoms with van der Waals surface area (Å²) in [5.41, 5.74) is 8.90. The fourth-order valence-electron chi connectivity index (χ4n) is 3.45. The van der Waals surface area contributed by atoms with Gasteiger partial charge in [-0.25, -0.2) is 4.98 Å². The molecule has 0 spiro atoms. The molecular weight excluding hydrogens is 246 g/mol. The van der Waals surface area contributed by atoms with Gasteiger partial charge >= 0.3 is 0 Å². The number of nitrogens with zero attached hydrogens (tertiary/aromatic N) is 2. The topological polar surface area (TPSA) is 43.8 Å². The van der Waals surface area contributed by atoms with Crippen LogP contribution in [0.5, 0.6) is 0 Å². The van der Waals surface area contributed by atoms with Gasteiger partial charge in [0.25, 0.3) is 0 Å². The van der Waals surface area contributed by atoms with Crippen molar-refractivity contribution in [1.29, 1.82) is 0 Å². The molecule has 1 saturated carbocycles. The van der Waals surface area contributed by atoms with E-state index in [1.807, 2.05) is 6.07 Å². The van der Waals surface area contributed by atoms with Crippen LogP contribution >= 0.6 is 0 Å². The molecule has 0 aliphatic heterocycles. The standard InChI is InChI=1S/C17H25N3/c1-13-6-5-10-17(18,11-9-13)12-16-19-14-7-3-4-8-15(14)20(16)2/h3-4,7-8,13H,5-6,9-12,18H2,1-2H3. The minimum atomic E-state index is -0.0695. The highest BCUT2D eigenvalue weighted by Crippen LogP contribution is 2.31. The monoisotopic (exact) mass is 271 g/mol. The van der Waals surface area contributed by atoms with Crippen LogP contribution in [0.3, 0.4) is 0 Å². The van der Waals surface area contributed by atoms with E-state index in [2.05, 4.69) is 36.7 Å². The van der Waals surface area contributed by atoms with Crippen molar-refractivity contribution in [2.24, 2.45) is 18.7 Å². The van der Waals surface area contributed by atoms with Crippen molar-refractivity contribution in [3.63, 3.8) is 0 Å². The van der Waals surface area contributed by atoms with Crippen LogP contribution in [0.15, 0.2) is 24.3 Å². The van der Waals surface area contributed by atoms with Crippen molar-refractivity contribution >= 4 is 11.0 Å². The SMILES string of the molecule is CC1CCCC(N)(Cc2nc3ccccc3n2C)CC1. The van der Waals surface area contributed by atoms with Crippen molar-refractivity contribution in [2.45, 2.75) is 51.0 Å². The van der Waals surface area contributed by atoms with Gasteiger partial charge in [0.2, 0.25) is 0 Å². The van der Waals surface area contributed by atoms with Gasteiger partial charge in [0, 0.05) is 19.0 Å². The summed E-state index contributed by atoms with van der Waals surface area (Å²) in [6.07, 6.45) is 6.96. The fourth-order valence-corrected chi connectivity index (χ4v) is 3.45. The number of imidazole rings is 1. The molecule has 1 heterocycles. The molecule has 3 nitrogen and oxygen atoms in total. The second-order valence-corrected chi connectivity index (χ2v) is 6.65. The van der Waals surface area contributed by atoms with E-state index in [9.17, 15) is 0 Å². The molecule has 1 aromatic heterocycles. The van der Waals surface area contributed by atoms with E-state index < -0.39 is 0 Å². The molecule has 20 heavy (non-hydrogen) atoms. The maximum absolute atomic E-state index is 6.69. The Bertz CT molecular complexity index is 601. The first kappa shape index (κ1) is 13.6. The van der Waals surface area contributed by atoms with Crippen LogP contribution in [-0.2, 0) is 13.5 Å². The van der Waals surface area contributed by atoms with Crippen LogP contribution in [-0.4, -0.2) is 15.1 Å². The number of aryl methyl sites for hydroxylation is 1. The number of benzene rings is 1. The van der Waals surface area contributed by atoms with E-state index in [4.69, 9.17) is 10.7 Å². The fraction of sp³-hybridized carbons (Fsp3) is 0.588. The summed E-state index contributed by atoms with van der Waals surface area (Å²) in [5.74, 6) is 1.95. The number of aromatic nitrogens is 2. The average molecular weight is 271 g/mol. The molecule has 1 aliphatic rings. The number of nitrogens with two attached hydrogens (primary N) is 1. The number of para-hydroxylation sites is 2. The van der Waals surface area contributed by atoms with Crippen molar-refractivity contribution in [3.05, 3.63) is 30.1 Å². The van der Waals surface area contributed by atoms with Crippen LogP contribution < -0.4 is 5.73 Å². The number of hydrogen-bond acceptors (Lipinski definition) is 2. The van der Waals surface area contributed by atoms with Gasteiger partial charge in [0.1, 0.15) is 5.82 Å². The highest BCUT2D eigenvalue weighted by molar-refractivity contribution is 5.75. The van der Waals surface area contributed by atoms with E-state index in [0.717, 1.165) is 36.5 Å². The predicted molar refractivity (Wildman–Crippen MR) is 83.6 cm³/mol. The van der Waals surface area contributed by atoms with E-state index in [0.29, 0.717) is 0 Å². The lowest BCUT2D eigenvalue weighted by Crippen LogP contribution is -2.42. The normalized spacial score (nSPS) is 27.6. The van der Waals surface area contributed by atoms with Gasteiger partial charge in [0.15, 0.2) is 0 Å². The smallest absolute Gasteiger partial charge is 0.111 e. The maximum Gasteiger partial charge on any atom is 0.111 e. The predicted octanol–water partition coefficient (Wildman–Crippen LogP) is 3.41. The molecule has 3 rings (SSSR count). The van der Waals surface area contributed by atoms with Gasteiger partial charge in [-0.3, -0.25) is 0 Å². The number of fused-ring (bicyclic) bond motifs is 1. The van der Waals surface area contributed by atoms with Crippen molar-refractivity contribution in [3.8, 4) is 0 Å². The van der Waals surface area contributed by atoms with Gasteiger partial charge in [-0.2, -0.15) is 0 Å². The van der Waals surface area contributed by atoms with Gasteiger partial charge in [-0.05, 0) is 37.3 Å². The molecule has 108 valence electrons. The Morgan fingerprint density at radius 3 is 2.90 bits per heavy atom. The molecule has 2 atom stereocenters. The average Bonchev–Trinajstić information content (AvgIpc) is 2.63. The molecule has 0 radical (unpaired) electrons. The number of hydrogen-bond donors (Lipinski definition) is 1. The van der Waals surface area contributed by atoms with Crippen molar-refractivity contribution in [2.75, 3.05) is 0 Å². The van der Waals surface area contributed by atoms with Crippen LogP contribution in [0.4, 0.5) is 0 Å². The number of rotatable bonds is 2. The molecule has 2 unspecified atom stereocenters. The van der Waals surface area contributed by atoms with Gasteiger partial charge in [-0.15, -0.1) is 0 Å². The second kappa shape index (κ2) is 5.21. The lowest BCUT2D eigenvalue weighted by Gasteiger charge is -2.27. The van der Waals surface area contributed by atoms with Crippen molar-refractivity contribution in [1.82, 2.24) is 9.55 Å². The highest BCUT2D eigenvalue weighted by atomic mass is 15.1. The summed E-state index contributed by atoms with van der Waals surface area (Å²) in [6.45, 7) is 2.35. The lowest BCUT2D eigenvalue weighted by molar-refractivity contribution is 0.354. The molecule has 0 saturated heterocycles. The summed E-state index contributed by atoms with van der Waals surface area (Å²) in [5, 5.41) is 0. The van der Waals surface area contributed by atoms with E-state index in [-0.39, 0.29) is 5.54 Å². The first-order chi connectivity index (χ1) is 9.57. The Kier molecular flexibility index (Phi) is 3.55. The Balaban J connectivity index is 1.86. The van der Waals surface area contributed by atoms with Gasteiger partial charge in [0.05, 0.1) is 11.0 Å². The Morgan fingerprint density at radius 1 is 1.30 bits per heavy atom. The Morgan fingerprint density at radius 2 is 2.10 bits per heavy atom. The molecule has 1 aromatic carbocycles. The summed E-state index contributed by atoms with van der Waals surface area (Å²) in [4.78, 5) is 4.78. The lowest BCUT2D eigenvalue weighted by atomic mass is 9.87. The van der Waals surface area contributed by atoms with Crippen molar-refractivity contribution < 1.29 is 0 Å². The summed E-state index contributed by atoms with van der Waals surface area (Å²) in [7, 11) is 2.10. The maximum atomic E-state index is 6.69. The molecule has 1 aliphatic carbocycles. The van der Waals surface area contributed by atoms with Crippen LogP contribution in [0.1, 0.15) is 44.9 Å². The van der Waals surface area contributed by atoms with Gasteiger partial charge in [-0.1, -0.05) is 31.9 Å². The Hall–Kier alpha value is -1.35. The van der Waals surface area contributed by atoms with Crippen LogP contribution in [0, 0.1) is 5.92 Å². The molecule has 2 aromatic rings. The van der Waals surface area contributed by atoms with Crippen LogP contribution in [0.2, 0.25) is 0 Å². The molecule has 1 fully saturated rings. The van der Waals surface area contributed by atoms with Crippen LogP contribution in [0.25, 0.3) is 11.0 Å². The summed E-state index contributed by atoms with van der Waals surface area (Å²) < 4.78 is 2.21. The van der Waals surface area contributed by atoms with E-state index in [1.54, 1.807) is 0 Å². The highest BCUT2D eigenvalue weighted by Gasteiger charge is 2.30. The zero-order valence-corrected chi connectivity index (χ0v) is 12.6. The minimum Gasteiger partial charge on any atom is -0.331 e. The van der Waals surface area contributed by atoms with Gasteiger partial charge < -0.3 is 10.3 Å². The first-order valence-electron chi connectivity index (χ1n) is 7.77. The molecule has 2 N–H and O–H groups in total.